The summed E-state index contributed by atoms with van der Waals surface area (Å²) >= 11 is 0. The third kappa shape index (κ3) is 4.17. The van der Waals surface area contributed by atoms with Crippen molar-refractivity contribution in [2.45, 2.75) is 64.8 Å². The van der Waals surface area contributed by atoms with Crippen LogP contribution in [0, 0.1) is 17.8 Å². The van der Waals surface area contributed by atoms with Gasteiger partial charge in [0.1, 0.15) is 0 Å². The van der Waals surface area contributed by atoms with Crippen LogP contribution in [0.2, 0.25) is 0 Å². The molecule has 1 aliphatic rings. The molecular formula is C13H26O5. The molecule has 5 unspecified atom stereocenters. The van der Waals surface area contributed by atoms with Gasteiger partial charge in [0.2, 0.25) is 0 Å². The lowest BCUT2D eigenvalue weighted by molar-refractivity contribution is -0.255. The maximum atomic E-state index is 9.63. The Morgan fingerprint density at radius 3 is 2.17 bits per heavy atom. The van der Waals surface area contributed by atoms with E-state index in [1.54, 1.807) is 0 Å². The quantitative estimate of drug-likeness (QED) is 0.540. The van der Waals surface area contributed by atoms with E-state index in [0.29, 0.717) is 17.8 Å². The molecule has 5 atom stereocenters. The van der Waals surface area contributed by atoms with Crippen molar-refractivity contribution in [1.82, 2.24) is 0 Å². The Kier molecular flexibility index (Phi) is 6.01. The van der Waals surface area contributed by atoms with E-state index in [9.17, 15) is 10.2 Å². The Hall–Kier alpha value is -0.200. The molecule has 18 heavy (non-hydrogen) atoms. The highest BCUT2D eigenvalue weighted by Gasteiger charge is 2.35. The van der Waals surface area contributed by atoms with E-state index in [1.165, 1.54) is 0 Å². The van der Waals surface area contributed by atoms with Crippen LogP contribution >= 0.6 is 0 Å². The van der Waals surface area contributed by atoms with Crippen LogP contribution in [0.15, 0.2) is 0 Å². The fourth-order valence-corrected chi connectivity index (χ4v) is 2.68. The summed E-state index contributed by atoms with van der Waals surface area (Å²) in [5.74, 6) is 1.29. The second-order valence-electron chi connectivity index (χ2n) is 5.80. The van der Waals surface area contributed by atoms with Crippen LogP contribution in [0.25, 0.3) is 0 Å². The molecule has 1 aliphatic carbocycles. The van der Waals surface area contributed by atoms with Crippen LogP contribution in [0.3, 0.4) is 0 Å². The van der Waals surface area contributed by atoms with Crippen molar-refractivity contribution in [2.24, 2.45) is 17.8 Å². The number of ether oxygens (including phenoxy) is 1. The van der Waals surface area contributed by atoms with Crippen LogP contribution in [0.5, 0.6) is 0 Å². The average Bonchev–Trinajstić information content (AvgIpc) is 2.27. The fraction of sp³-hybridized carbons (Fsp3) is 1.00. The van der Waals surface area contributed by atoms with Crippen molar-refractivity contribution in [3.8, 4) is 0 Å². The van der Waals surface area contributed by atoms with Gasteiger partial charge in [-0.1, -0.05) is 27.2 Å². The molecule has 5 nitrogen and oxygen atoms in total. The molecule has 0 heterocycles. The monoisotopic (exact) mass is 262 g/mol. The zero-order chi connectivity index (χ0) is 13.9. The molecule has 0 aromatic carbocycles. The van der Waals surface area contributed by atoms with E-state index in [4.69, 9.17) is 14.9 Å². The van der Waals surface area contributed by atoms with E-state index in [1.807, 2.05) is 0 Å². The summed E-state index contributed by atoms with van der Waals surface area (Å²) in [6.07, 6.45) is -2.36. The Labute approximate surface area is 108 Å². The maximum absolute atomic E-state index is 9.63. The number of hydrogen-bond donors (Lipinski definition) is 4. The van der Waals surface area contributed by atoms with Gasteiger partial charge in [-0.05, 0) is 30.6 Å². The van der Waals surface area contributed by atoms with Gasteiger partial charge in [-0.15, -0.1) is 0 Å². The van der Waals surface area contributed by atoms with Gasteiger partial charge in [-0.2, -0.15) is 0 Å². The molecule has 0 radical (unpaired) electrons. The number of aliphatic hydroxyl groups is 4. The van der Waals surface area contributed by atoms with Gasteiger partial charge in [0.15, 0.2) is 18.7 Å². The highest BCUT2D eigenvalue weighted by molar-refractivity contribution is 4.82. The summed E-state index contributed by atoms with van der Waals surface area (Å²) in [4.78, 5) is 0. The molecule has 5 heteroatoms. The van der Waals surface area contributed by atoms with Crippen molar-refractivity contribution >= 4 is 0 Å². The van der Waals surface area contributed by atoms with Crippen molar-refractivity contribution in [3.63, 3.8) is 0 Å². The minimum Gasteiger partial charge on any atom is -0.382 e. The standard InChI is InChI=1S/C13H26O5/c1-7(2)9-5-4-8(3)6-10(9)18-13(17)11(14)12(15)16/h7-17H,4-6H2,1-3H3. The first-order valence-electron chi connectivity index (χ1n) is 6.70. The first-order valence-corrected chi connectivity index (χ1v) is 6.70. The number of hydrogen-bond acceptors (Lipinski definition) is 5. The number of rotatable bonds is 5. The van der Waals surface area contributed by atoms with Crippen LogP contribution in [0.1, 0.15) is 40.0 Å². The smallest absolute Gasteiger partial charge is 0.186 e. The van der Waals surface area contributed by atoms with Crippen LogP contribution in [-0.2, 0) is 4.74 Å². The second kappa shape index (κ2) is 6.82. The van der Waals surface area contributed by atoms with E-state index >= 15 is 0 Å². The van der Waals surface area contributed by atoms with Crippen molar-refractivity contribution < 1.29 is 25.2 Å². The molecule has 0 aromatic rings. The minimum atomic E-state index is -1.99. The van der Waals surface area contributed by atoms with Crippen molar-refractivity contribution in [2.75, 3.05) is 0 Å². The largest absolute Gasteiger partial charge is 0.382 e. The predicted octanol–water partition coefficient (Wildman–Crippen LogP) is 0.454. The Bertz CT molecular complexity index is 244. The van der Waals surface area contributed by atoms with Gasteiger partial charge in [0, 0.05) is 0 Å². The van der Waals surface area contributed by atoms with Crippen LogP contribution < -0.4 is 0 Å². The maximum Gasteiger partial charge on any atom is 0.186 e. The minimum absolute atomic E-state index is 0.142. The topological polar surface area (TPSA) is 90.2 Å². The first-order chi connectivity index (χ1) is 8.32. The highest BCUT2D eigenvalue weighted by atomic mass is 16.6. The molecule has 0 spiro atoms. The van der Waals surface area contributed by atoms with Gasteiger partial charge in [0.25, 0.3) is 0 Å². The van der Waals surface area contributed by atoms with E-state index in [-0.39, 0.29) is 6.10 Å². The molecule has 4 N–H and O–H groups in total. The zero-order valence-electron chi connectivity index (χ0n) is 11.4. The average molecular weight is 262 g/mol. The molecule has 0 aromatic heterocycles. The molecule has 108 valence electrons. The third-order valence-corrected chi connectivity index (χ3v) is 3.87. The molecule has 1 rings (SSSR count). The van der Waals surface area contributed by atoms with Gasteiger partial charge < -0.3 is 25.2 Å². The third-order valence-electron chi connectivity index (χ3n) is 3.87. The zero-order valence-corrected chi connectivity index (χ0v) is 11.4. The van der Waals surface area contributed by atoms with Crippen molar-refractivity contribution in [3.05, 3.63) is 0 Å². The molecule has 1 fully saturated rings. The molecular weight excluding hydrogens is 236 g/mol. The summed E-state index contributed by atoms with van der Waals surface area (Å²) < 4.78 is 5.44. The summed E-state index contributed by atoms with van der Waals surface area (Å²) in [6.45, 7) is 6.36. The Balaban J connectivity index is 2.60. The lowest BCUT2D eigenvalue weighted by Crippen LogP contribution is -2.44. The normalized spacial score (nSPS) is 32.8. The fourth-order valence-electron chi connectivity index (χ4n) is 2.68. The summed E-state index contributed by atoms with van der Waals surface area (Å²) in [7, 11) is 0. The predicted molar refractivity (Wildman–Crippen MR) is 66.5 cm³/mol. The first kappa shape index (κ1) is 15.9. The van der Waals surface area contributed by atoms with Gasteiger partial charge in [-0.3, -0.25) is 0 Å². The second-order valence-corrected chi connectivity index (χ2v) is 5.80. The van der Waals surface area contributed by atoms with Gasteiger partial charge >= 0.3 is 0 Å². The summed E-state index contributed by atoms with van der Waals surface area (Å²) in [5.41, 5.74) is 0. The summed E-state index contributed by atoms with van der Waals surface area (Å²) in [6, 6.07) is 0. The van der Waals surface area contributed by atoms with Gasteiger partial charge in [-0.25, -0.2) is 0 Å². The van der Waals surface area contributed by atoms with E-state index < -0.39 is 18.7 Å². The molecule has 0 aliphatic heterocycles. The van der Waals surface area contributed by atoms with E-state index in [2.05, 4.69) is 20.8 Å². The highest BCUT2D eigenvalue weighted by Crippen LogP contribution is 2.35. The Morgan fingerprint density at radius 1 is 1.06 bits per heavy atom. The van der Waals surface area contributed by atoms with Crippen molar-refractivity contribution in [1.29, 1.82) is 0 Å². The van der Waals surface area contributed by atoms with Crippen LogP contribution in [0.4, 0.5) is 0 Å². The van der Waals surface area contributed by atoms with Crippen LogP contribution in [-0.4, -0.2) is 45.2 Å². The SMILES string of the molecule is CC1CCC(C(C)C)C(OC(O)C(O)C(O)O)C1. The Morgan fingerprint density at radius 2 is 1.67 bits per heavy atom. The lowest BCUT2D eigenvalue weighted by Gasteiger charge is -2.38. The summed E-state index contributed by atoms with van der Waals surface area (Å²) in [5, 5.41) is 36.6. The molecule has 0 amide bonds. The number of aliphatic hydroxyl groups excluding tert-OH is 3. The molecule has 0 bridgehead atoms. The van der Waals surface area contributed by atoms with Gasteiger partial charge in [0.05, 0.1) is 6.10 Å². The molecule has 1 saturated carbocycles. The van der Waals surface area contributed by atoms with E-state index in [0.717, 1.165) is 19.3 Å². The lowest BCUT2D eigenvalue weighted by atomic mass is 9.75. The molecule has 0 saturated heterocycles.